The van der Waals surface area contributed by atoms with Gasteiger partial charge in [0, 0.05) is 12.0 Å². The zero-order valence-corrected chi connectivity index (χ0v) is 9.91. The SMILES string of the molecule is CCc1oc(Cl)nc1-c1cccc(OC)c1. The third-order valence-electron chi connectivity index (χ3n) is 2.34. The van der Waals surface area contributed by atoms with Crippen LogP contribution in [-0.2, 0) is 6.42 Å². The zero-order chi connectivity index (χ0) is 11.5. The van der Waals surface area contributed by atoms with E-state index >= 15 is 0 Å². The van der Waals surface area contributed by atoms with Crippen LogP contribution in [0.15, 0.2) is 28.7 Å². The number of nitrogens with zero attached hydrogens (tertiary/aromatic N) is 1. The first-order valence-electron chi connectivity index (χ1n) is 5.04. The molecule has 0 fully saturated rings. The number of rotatable bonds is 3. The summed E-state index contributed by atoms with van der Waals surface area (Å²) in [5.74, 6) is 1.58. The summed E-state index contributed by atoms with van der Waals surface area (Å²) in [6, 6.07) is 7.66. The summed E-state index contributed by atoms with van der Waals surface area (Å²) in [6.07, 6.45) is 0.756. The molecule has 1 aromatic heterocycles. The number of ether oxygens (including phenoxy) is 1. The van der Waals surface area contributed by atoms with Crippen LogP contribution in [0.2, 0.25) is 5.35 Å². The van der Waals surface area contributed by atoms with Gasteiger partial charge in [0.1, 0.15) is 17.2 Å². The minimum Gasteiger partial charge on any atom is -0.497 e. The lowest BCUT2D eigenvalue weighted by Crippen LogP contribution is -1.86. The van der Waals surface area contributed by atoms with Crippen LogP contribution in [0.4, 0.5) is 0 Å². The minimum absolute atomic E-state index is 0.176. The molecule has 84 valence electrons. The minimum atomic E-state index is 0.176. The van der Waals surface area contributed by atoms with Gasteiger partial charge in [-0.3, -0.25) is 0 Å². The number of aryl methyl sites for hydroxylation is 1. The number of hydrogen-bond acceptors (Lipinski definition) is 3. The van der Waals surface area contributed by atoms with Crippen LogP contribution in [0.1, 0.15) is 12.7 Å². The molecular weight excluding hydrogens is 226 g/mol. The second-order valence-corrected chi connectivity index (χ2v) is 3.65. The van der Waals surface area contributed by atoms with Gasteiger partial charge in [-0.15, -0.1) is 0 Å². The quantitative estimate of drug-likeness (QED) is 0.819. The maximum Gasteiger partial charge on any atom is 0.292 e. The second-order valence-electron chi connectivity index (χ2n) is 3.32. The van der Waals surface area contributed by atoms with Gasteiger partial charge in [0.25, 0.3) is 5.35 Å². The summed E-state index contributed by atoms with van der Waals surface area (Å²) < 4.78 is 10.5. The van der Waals surface area contributed by atoms with E-state index in [1.54, 1.807) is 7.11 Å². The lowest BCUT2D eigenvalue weighted by molar-refractivity contribution is 0.415. The topological polar surface area (TPSA) is 35.3 Å². The summed E-state index contributed by atoms with van der Waals surface area (Å²) in [7, 11) is 1.63. The Morgan fingerprint density at radius 3 is 2.94 bits per heavy atom. The third-order valence-corrected chi connectivity index (χ3v) is 2.50. The summed E-state index contributed by atoms with van der Waals surface area (Å²) >= 11 is 5.76. The Hall–Kier alpha value is -1.48. The molecule has 0 radical (unpaired) electrons. The summed E-state index contributed by atoms with van der Waals surface area (Å²) in [5, 5.41) is 0.176. The molecule has 1 heterocycles. The highest BCUT2D eigenvalue weighted by Crippen LogP contribution is 2.28. The number of benzene rings is 1. The Balaban J connectivity index is 2.48. The number of halogens is 1. The number of hydrogen-bond donors (Lipinski definition) is 0. The first-order valence-corrected chi connectivity index (χ1v) is 5.42. The van der Waals surface area contributed by atoms with Gasteiger partial charge >= 0.3 is 0 Å². The van der Waals surface area contributed by atoms with Crippen LogP contribution in [0, 0.1) is 0 Å². The van der Waals surface area contributed by atoms with Crippen molar-refractivity contribution in [2.24, 2.45) is 0 Å². The van der Waals surface area contributed by atoms with Crippen LogP contribution >= 0.6 is 11.6 Å². The molecule has 0 spiro atoms. The first-order chi connectivity index (χ1) is 7.74. The lowest BCUT2D eigenvalue weighted by atomic mass is 10.1. The summed E-state index contributed by atoms with van der Waals surface area (Å²) in [6.45, 7) is 2.00. The predicted octanol–water partition coefficient (Wildman–Crippen LogP) is 3.57. The van der Waals surface area contributed by atoms with Gasteiger partial charge in [-0.25, -0.2) is 0 Å². The van der Waals surface area contributed by atoms with E-state index < -0.39 is 0 Å². The molecule has 0 saturated heterocycles. The molecule has 2 rings (SSSR count). The molecular formula is C12H12ClNO2. The van der Waals surface area contributed by atoms with Gasteiger partial charge in [-0.1, -0.05) is 19.1 Å². The van der Waals surface area contributed by atoms with Crippen molar-refractivity contribution in [2.45, 2.75) is 13.3 Å². The summed E-state index contributed by atoms with van der Waals surface area (Å²) in [4.78, 5) is 4.17. The van der Waals surface area contributed by atoms with Gasteiger partial charge < -0.3 is 9.15 Å². The molecule has 16 heavy (non-hydrogen) atoms. The largest absolute Gasteiger partial charge is 0.497 e. The van der Waals surface area contributed by atoms with Crippen molar-refractivity contribution in [3.8, 4) is 17.0 Å². The molecule has 0 saturated carbocycles. The van der Waals surface area contributed by atoms with Gasteiger partial charge in [-0.2, -0.15) is 4.98 Å². The highest BCUT2D eigenvalue weighted by atomic mass is 35.5. The average molecular weight is 238 g/mol. The fourth-order valence-electron chi connectivity index (χ4n) is 1.56. The van der Waals surface area contributed by atoms with Crippen molar-refractivity contribution < 1.29 is 9.15 Å². The monoisotopic (exact) mass is 237 g/mol. The van der Waals surface area contributed by atoms with Crippen molar-refractivity contribution in [1.29, 1.82) is 0 Å². The van der Waals surface area contributed by atoms with Gasteiger partial charge in [0.2, 0.25) is 0 Å². The molecule has 0 aliphatic rings. The van der Waals surface area contributed by atoms with Crippen molar-refractivity contribution in [1.82, 2.24) is 4.98 Å². The van der Waals surface area contributed by atoms with E-state index in [0.29, 0.717) is 0 Å². The van der Waals surface area contributed by atoms with Crippen molar-refractivity contribution in [3.63, 3.8) is 0 Å². The van der Waals surface area contributed by atoms with E-state index in [1.165, 1.54) is 0 Å². The molecule has 0 aliphatic heterocycles. The van der Waals surface area contributed by atoms with E-state index in [-0.39, 0.29) is 5.35 Å². The average Bonchev–Trinajstić information content (AvgIpc) is 2.70. The van der Waals surface area contributed by atoms with Crippen LogP contribution in [-0.4, -0.2) is 12.1 Å². The van der Waals surface area contributed by atoms with Crippen LogP contribution in [0.25, 0.3) is 11.3 Å². The van der Waals surface area contributed by atoms with Crippen LogP contribution < -0.4 is 4.74 Å². The van der Waals surface area contributed by atoms with Gasteiger partial charge in [0.15, 0.2) is 0 Å². The van der Waals surface area contributed by atoms with E-state index in [9.17, 15) is 0 Å². The molecule has 0 N–H and O–H groups in total. The van der Waals surface area contributed by atoms with Gasteiger partial charge in [-0.05, 0) is 23.7 Å². The molecule has 0 atom stereocenters. The number of oxazole rings is 1. The Labute approximate surface area is 99.0 Å². The normalized spacial score (nSPS) is 10.4. The molecule has 1 aromatic carbocycles. The zero-order valence-electron chi connectivity index (χ0n) is 9.16. The Kier molecular flexibility index (Phi) is 3.15. The molecule has 0 aliphatic carbocycles. The van der Waals surface area contributed by atoms with Crippen molar-refractivity contribution in [2.75, 3.05) is 7.11 Å². The smallest absolute Gasteiger partial charge is 0.292 e. The Morgan fingerprint density at radius 1 is 1.44 bits per heavy atom. The van der Waals surface area contributed by atoms with E-state index in [0.717, 1.165) is 29.2 Å². The van der Waals surface area contributed by atoms with Crippen molar-refractivity contribution >= 4 is 11.6 Å². The highest BCUT2D eigenvalue weighted by Gasteiger charge is 2.12. The number of methoxy groups -OCH3 is 1. The third kappa shape index (κ3) is 2.04. The Bertz CT molecular complexity index is 494. The molecule has 0 bridgehead atoms. The molecule has 4 heteroatoms. The molecule has 0 unspecified atom stereocenters. The molecule has 3 nitrogen and oxygen atoms in total. The maximum absolute atomic E-state index is 5.76. The van der Waals surface area contributed by atoms with E-state index in [1.807, 2.05) is 31.2 Å². The van der Waals surface area contributed by atoms with Crippen LogP contribution in [0.3, 0.4) is 0 Å². The highest BCUT2D eigenvalue weighted by molar-refractivity contribution is 6.27. The molecule has 0 amide bonds. The van der Waals surface area contributed by atoms with Gasteiger partial charge in [0.05, 0.1) is 7.11 Å². The first kappa shape index (κ1) is 11.0. The lowest BCUT2D eigenvalue weighted by Gasteiger charge is -2.02. The fraction of sp³-hybridized carbons (Fsp3) is 0.250. The summed E-state index contributed by atoms with van der Waals surface area (Å²) in [5.41, 5.74) is 1.73. The second kappa shape index (κ2) is 4.58. The Morgan fingerprint density at radius 2 is 2.25 bits per heavy atom. The van der Waals surface area contributed by atoms with Crippen molar-refractivity contribution in [3.05, 3.63) is 35.4 Å². The maximum atomic E-state index is 5.76. The fourth-order valence-corrected chi connectivity index (χ4v) is 1.74. The predicted molar refractivity (Wildman–Crippen MR) is 62.9 cm³/mol. The number of aromatic nitrogens is 1. The van der Waals surface area contributed by atoms with Crippen LogP contribution in [0.5, 0.6) is 5.75 Å². The standard InChI is InChI=1S/C12H12ClNO2/c1-3-10-11(14-12(13)16-10)8-5-4-6-9(7-8)15-2/h4-7H,3H2,1-2H3. The van der Waals surface area contributed by atoms with E-state index in [4.69, 9.17) is 20.8 Å². The van der Waals surface area contributed by atoms with E-state index in [2.05, 4.69) is 4.98 Å². The molecule has 2 aromatic rings.